The van der Waals surface area contributed by atoms with Crippen molar-refractivity contribution in [1.29, 1.82) is 5.26 Å². The Hall–Kier alpha value is -2.71. The molecule has 1 aromatic heterocycles. The molecular formula is C16H10F3N3OS. The average molecular weight is 349 g/mol. The van der Waals surface area contributed by atoms with Crippen LogP contribution in [0.4, 0.5) is 23.9 Å². The Balaban J connectivity index is 2.00. The van der Waals surface area contributed by atoms with Crippen LogP contribution in [-0.4, -0.2) is 4.37 Å². The van der Waals surface area contributed by atoms with Crippen molar-refractivity contribution in [3.8, 4) is 17.9 Å². The van der Waals surface area contributed by atoms with Crippen LogP contribution in [0.15, 0.2) is 23.0 Å². The molecule has 0 spiro atoms. The quantitative estimate of drug-likeness (QED) is 0.810. The number of aromatic amines is 1. The Bertz CT molecular complexity index is 936. The minimum Gasteiger partial charge on any atom is -0.345 e. The van der Waals surface area contributed by atoms with Gasteiger partial charge in [-0.3, -0.25) is 9.17 Å². The van der Waals surface area contributed by atoms with Gasteiger partial charge >= 0.3 is 6.18 Å². The van der Waals surface area contributed by atoms with Crippen molar-refractivity contribution in [2.24, 2.45) is 5.92 Å². The number of nitrogens with zero attached hydrogens (tertiary/aromatic N) is 1. The standard InChI is InChI=1S/C16H10F3N3OS/c17-16(18,19)11-5-10(4-3-9-1-2-9)6-12(7-11)21-15-13(8-20)14(23)22-24-15/h5-7,9,21H,1-2H2,(H,22,23). The third-order valence-electron chi connectivity index (χ3n) is 3.33. The number of rotatable bonds is 2. The highest BCUT2D eigenvalue weighted by molar-refractivity contribution is 7.10. The van der Waals surface area contributed by atoms with Crippen LogP contribution in [0.3, 0.4) is 0 Å². The maximum atomic E-state index is 13.1. The van der Waals surface area contributed by atoms with Crippen LogP contribution >= 0.6 is 11.5 Å². The zero-order valence-corrected chi connectivity index (χ0v) is 12.9. The summed E-state index contributed by atoms with van der Waals surface area (Å²) in [6, 6.07) is 5.11. The first-order chi connectivity index (χ1) is 11.4. The molecule has 0 radical (unpaired) electrons. The van der Waals surface area contributed by atoms with Crippen LogP contribution in [0.2, 0.25) is 0 Å². The number of hydrogen-bond donors (Lipinski definition) is 2. The number of H-pyrrole nitrogens is 1. The van der Waals surface area contributed by atoms with Crippen molar-refractivity contribution >= 4 is 22.2 Å². The maximum Gasteiger partial charge on any atom is 0.416 e. The molecule has 0 bridgehead atoms. The van der Waals surface area contributed by atoms with E-state index in [0.29, 0.717) is 0 Å². The van der Waals surface area contributed by atoms with E-state index in [1.165, 1.54) is 6.07 Å². The number of halogens is 3. The summed E-state index contributed by atoms with van der Waals surface area (Å²) in [5.74, 6) is 5.94. The van der Waals surface area contributed by atoms with Gasteiger partial charge in [0.25, 0.3) is 5.56 Å². The first-order valence-electron chi connectivity index (χ1n) is 6.99. The van der Waals surface area contributed by atoms with E-state index >= 15 is 0 Å². The van der Waals surface area contributed by atoms with E-state index in [2.05, 4.69) is 21.5 Å². The molecule has 1 aliphatic rings. The zero-order valence-electron chi connectivity index (χ0n) is 12.1. The highest BCUT2D eigenvalue weighted by Gasteiger charge is 2.31. The predicted octanol–water partition coefficient (Wildman–Crippen LogP) is 3.83. The predicted molar refractivity (Wildman–Crippen MR) is 84.0 cm³/mol. The largest absolute Gasteiger partial charge is 0.416 e. The molecular weight excluding hydrogens is 339 g/mol. The van der Waals surface area contributed by atoms with E-state index < -0.39 is 17.3 Å². The number of alkyl halides is 3. The summed E-state index contributed by atoms with van der Waals surface area (Å²) in [5.41, 5.74) is -1.22. The van der Waals surface area contributed by atoms with E-state index in [0.717, 1.165) is 36.5 Å². The first kappa shape index (κ1) is 16.2. The second kappa shape index (κ2) is 6.06. The van der Waals surface area contributed by atoms with E-state index in [9.17, 15) is 18.0 Å². The number of nitriles is 1. The highest BCUT2D eigenvalue weighted by Crippen LogP contribution is 2.33. The van der Waals surface area contributed by atoms with E-state index in [1.54, 1.807) is 6.07 Å². The Morgan fingerprint density at radius 1 is 1.29 bits per heavy atom. The van der Waals surface area contributed by atoms with Crippen molar-refractivity contribution in [3.63, 3.8) is 0 Å². The molecule has 0 atom stereocenters. The van der Waals surface area contributed by atoms with Crippen molar-refractivity contribution in [1.82, 2.24) is 4.37 Å². The average Bonchev–Trinajstić information content (AvgIpc) is 3.28. The van der Waals surface area contributed by atoms with Gasteiger partial charge in [0.1, 0.15) is 11.1 Å². The molecule has 1 fully saturated rings. The third-order valence-corrected chi connectivity index (χ3v) is 4.13. The van der Waals surface area contributed by atoms with E-state index in [4.69, 9.17) is 5.26 Å². The molecule has 2 aromatic rings. The molecule has 3 rings (SSSR count). The van der Waals surface area contributed by atoms with Crippen molar-refractivity contribution in [2.75, 3.05) is 5.32 Å². The Labute approximate surface area is 139 Å². The van der Waals surface area contributed by atoms with Gasteiger partial charge in [0.2, 0.25) is 0 Å². The molecule has 0 unspecified atom stereocenters. The fourth-order valence-corrected chi connectivity index (χ4v) is 2.68. The van der Waals surface area contributed by atoms with Gasteiger partial charge in [-0.15, -0.1) is 0 Å². The van der Waals surface area contributed by atoms with Crippen LogP contribution in [0, 0.1) is 29.1 Å². The van der Waals surface area contributed by atoms with Crippen LogP contribution in [0.25, 0.3) is 0 Å². The highest BCUT2D eigenvalue weighted by atomic mass is 32.1. The van der Waals surface area contributed by atoms with Crippen LogP contribution < -0.4 is 10.9 Å². The topological polar surface area (TPSA) is 68.7 Å². The summed E-state index contributed by atoms with van der Waals surface area (Å²) in [7, 11) is 0. The zero-order chi connectivity index (χ0) is 17.3. The fraction of sp³-hybridized carbons (Fsp3) is 0.250. The van der Waals surface area contributed by atoms with Gasteiger partial charge in [-0.25, -0.2) is 0 Å². The molecule has 1 heterocycles. The molecule has 0 saturated heterocycles. The molecule has 1 saturated carbocycles. The van der Waals surface area contributed by atoms with Gasteiger partial charge in [-0.1, -0.05) is 11.8 Å². The van der Waals surface area contributed by atoms with Crippen LogP contribution in [0.1, 0.15) is 29.5 Å². The summed E-state index contributed by atoms with van der Waals surface area (Å²) >= 11 is 0.855. The lowest BCUT2D eigenvalue weighted by atomic mass is 10.1. The molecule has 4 nitrogen and oxygen atoms in total. The summed E-state index contributed by atoms with van der Waals surface area (Å²) in [6.45, 7) is 0. The van der Waals surface area contributed by atoms with Gasteiger partial charge in [0.15, 0.2) is 5.56 Å². The Morgan fingerprint density at radius 2 is 2.04 bits per heavy atom. The van der Waals surface area contributed by atoms with Gasteiger partial charge in [0.05, 0.1) is 5.56 Å². The number of aromatic nitrogens is 1. The summed E-state index contributed by atoms with van der Waals surface area (Å²) in [5, 5.41) is 11.8. The van der Waals surface area contributed by atoms with E-state index in [-0.39, 0.29) is 27.7 Å². The second-order valence-corrected chi connectivity index (χ2v) is 6.13. The van der Waals surface area contributed by atoms with Gasteiger partial charge < -0.3 is 5.32 Å². The number of anilines is 2. The van der Waals surface area contributed by atoms with E-state index in [1.807, 2.05) is 0 Å². The molecule has 0 amide bonds. The molecule has 1 aromatic carbocycles. The summed E-state index contributed by atoms with van der Waals surface area (Å²) in [4.78, 5) is 11.4. The van der Waals surface area contributed by atoms with Crippen molar-refractivity contribution in [2.45, 2.75) is 19.0 Å². The molecule has 0 aliphatic heterocycles. The molecule has 2 N–H and O–H groups in total. The maximum absolute atomic E-state index is 13.1. The van der Waals surface area contributed by atoms with Gasteiger partial charge in [0, 0.05) is 17.2 Å². The summed E-state index contributed by atoms with van der Waals surface area (Å²) < 4.78 is 41.6. The Morgan fingerprint density at radius 3 is 2.67 bits per heavy atom. The lowest BCUT2D eigenvalue weighted by Gasteiger charge is -2.11. The molecule has 24 heavy (non-hydrogen) atoms. The van der Waals surface area contributed by atoms with Gasteiger partial charge in [-0.2, -0.15) is 18.4 Å². The third kappa shape index (κ3) is 3.61. The minimum absolute atomic E-state index is 0.122. The first-order valence-corrected chi connectivity index (χ1v) is 7.81. The summed E-state index contributed by atoms with van der Waals surface area (Å²) in [6.07, 6.45) is -2.57. The normalized spacial score (nSPS) is 13.8. The smallest absolute Gasteiger partial charge is 0.345 e. The molecule has 8 heteroatoms. The number of benzene rings is 1. The lowest BCUT2D eigenvalue weighted by molar-refractivity contribution is -0.137. The fourth-order valence-electron chi connectivity index (χ4n) is 1.97. The Kier molecular flexibility index (Phi) is 4.08. The van der Waals surface area contributed by atoms with Crippen molar-refractivity contribution < 1.29 is 13.2 Å². The van der Waals surface area contributed by atoms with Crippen LogP contribution in [-0.2, 0) is 6.18 Å². The molecule has 122 valence electrons. The van der Waals surface area contributed by atoms with Crippen molar-refractivity contribution in [3.05, 3.63) is 45.2 Å². The number of nitrogens with one attached hydrogen (secondary N) is 2. The second-order valence-electron chi connectivity index (χ2n) is 5.31. The number of hydrogen-bond acceptors (Lipinski definition) is 4. The lowest BCUT2D eigenvalue weighted by Crippen LogP contribution is -2.07. The minimum atomic E-state index is -4.52. The monoisotopic (exact) mass is 349 g/mol. The SMILES string of the molecule is N#Cc1c(Nc2cc(C#CC3CC3)cc(C(F)(F)F)c2)s[nH]c1=O. The van der Waals surface area contributed by atoms with Gasteiger partial charge in [-0.05, 0) is 42.6 Å². The molecule has 1 aliphatic carbocycles. The van der Waals surface area contributed by atoms with Crippen LogP contribution in [0.5, 0.6) is 0 Å².